The van der Waals surface area contributed by atoms with Crippen molar-refractivity contribution in [1.29, 1.82) is 0 Å². The van der Waals surface area contributed by atoms with Crippen LogP contribution in [0.1, 0.15) is 11.1 Å². The first kappa shape index (κ1) is 16.3. The molecule has 0 atom stereocenters. The van der Waals surface area contributed by atoms with Crippen LogP contribution in [0.5, 0.6) is 11.5 Å². The lowest BCUT2D eigenvalue weighted by atomic mass is 10.1. The SMILES string of the molecule is C=CCOc1cccc(/C=N\NC(=O)Cc2ccccc2)c1O. The predicted octanol–water partition coefficient (Wildman–Crippen LogP) is 2.65. The molecule has 0 radical (unpaired) electrons. The maximum Gasteiger partial charge on any atom is 0.244 e. The van der Waals surface area contributed by atoms with Gasteiger partial charge in [0.2, 0.25) is 5.91 Å². The third kappa shape index (κ3) is 5.00. The van der Waals surface area contributed by atoms with Crippen molar-refractivity contribution >= 4 is 12.1 Å². The summed E-state index contributed by atoms with van der Waals surface area (Å²) in [5.74, 6) is 0.0749. The van der Waals surface area contributed by atoms with E-state index >= 15 is 0 Å². The molecule has 2 aromatic rings. The number of hydrogen-bond donors (Lipinski definition) is 2. The molecule has 5 heteroatoms. The number of ether oxygens (including phenoxy) is 1. The Morgan fingerprint density at radius 2 is 2.00 bits per heavy atom. The minimum absolute atomic E-state index is 0.0320. The average Bonchev–Trinajstić information content (AvgIpc) is 2.56. The molecular weight excluding hydrogens is 292 g/mol. The first-order valence-corrected chi connectivity index (χ1v) is 7.12. The molecule has 0 saturated carbocycles. The van der Waals surface area contributed by atoms with Crippen LogP contribution in [0.3, 0.4) is 0 Å². The Labute approximate surface area is 134 Å². The molecule has 23 heavy (non-hydrogen) atoms. The molecule has 118 valence electrons. The van der Waals surface area contributed by atoms with Crippen LogP contribution < -0.4 is 10.2 Å². The summed E-state index contributed by atoms with van der Waals surface area (Å²) in [7, 11) is 0. The molecule has 2 rings (SSSR count). The van der Waals surface area contributed by atoms with Crippen molar-refractivity contribution in [2.45, 2.75) is 6.42 Å². The Morgan fingerprint density at radius 1 is 1.22 bits per heavy atom. The van der Waals surface area contributed by atoms with E-state index in [2.05, 4.69) is 17.1 Å². The largest absolute Gasteiger partial charge is 0.504 e. The molecule has 2 N–H and O–H groups in total. The first-order chi connectivity index (χ1) is 11.2. The van der Waals surface area contributed by atoms with E-state index in [9.17, 15) is 9.90 Å². The molecule has 0 aromatic heterocycles. The molecule has 0 unspecified atom stereocenters. The lowest BCUT2D eigenvalue weighted by Crippen LogP contribution is -2.19. The monoisotopic (exact) mass is 310 g/mol. The van der Waals surface area contributed by atoms with Crippen molar-refractivity contribution < 1.29 is 14.6 Å². The highest BCUT2D eigenvalue weighted by molar-refractivity contribution is 5.86. The van der Waals surface area contributed by atoms with E-state index in [1.165, 1.54) is 6.21 Å². The van der Waals surface area contributed by atoms with Gasteiger partial charge < -0.3 is 9.84 Å². The lowest BCUT2D eigenvalue weighted by molar-refractivity contribution is -0.120. The highest BCUT2D eigenvalue weighted by atomic mass is 16.5. The second-order valence-electron chi connectivity index (χ2n) is 4.75. The topological polar surface area (TPSA) is 70.9 Å². The third-order valence-corrected chi connectivity index (χ3v) is 2.99. The third-order valence-electron chi connectivity index (χ3n) is 2.99. The van der Waals surface area contributed by atoms with Gasteiger partial charge >= 0.3 is 0 Å². The second-order valence-corrected chi connectivity index (χ2v) is 4.75. The summed E-state index contributed by atoms with van der Waals surface area (Å²) >= 11 is 0. The maximum atomic E-state index is 11.8. The normalized spacial score (nSPS) is 10.4. The van der Waals surface area contributed by atoms with E-state index < -0.39 is 0 Å². The summed E-state index contributed by atoms with van der Waals surface area (Å²) in [5.41, 5.74) is 3.79. The van der Waals surface area contributed by atoms with Gasteiger partial charge in [-0.3, -0.25) is 4.79 Å². The molecule has 0 heterocycles. The van der Waals surface area contributed by atoms with Gasteiger partial charge in [0.1, 0.15) is 6.61 Å². The maximum absolute atomic E-state index is 11.8. The molecule has 1 amide bonds. The van der Waals surface area contributed by atoms with Gasteiger partial charge in [0.25, 0.3) is 0 Å². The number of carbonyl (C=O) groups is 1. The number of hydrogen-bond acceptors (Lipinski definition) is 4. The van der Waals surface area contributed by atoms with Crippen molar-refractivity contribution in [2.24, 2.45) is 5.10 Å². The van der Waals surface area contributed by atoms with Crippen LogP contribution in [0.2, 0.25) is 0 Å². The Hall–Kier alpha value is -3.08. The summed E-state index contributed by atoms with van der Waals surface area (Å²) in [5, 5.41) is 13.9. The minimum atomic E-state index is -0.231. The van der Waals surface area contributed by atoms with Gasteiger partial charge in [-0.25, -0.2) is 5.43 Å². The van der Waals surface area contributed by atoms with E-state index in [4.69, 9.17) is 4.74 Å². The van der Waals surface area contributed by atoms with Crippen molar-refractivity contribution in [2.75, 3.05) is 6.61 Å². The zero-order valence-electron chi connectivity index (χ0n) is 12.6. The van der Waals surface area contributed by atoms with Crippen molar-refractivity contribution in [3.63, 3.8) is 0 Å². The van der Waals surface area contributed by atoms with Crippen molar-refractivity contribution in [3.05, 3.63) is 72.3 Å². The standard InChI is InChI=1S/C18H18N2O3/c1-2-11-23-16-10-6-9-15(18(16)22)13-19-20-17(21)12-14-7-4-3-5-8-14/h2-10,13,22H,1,11-12H2,(H,20,21)/b19-13-. The van der Waals surface area contributed by atoms with E-state index in [1.54, 1.807) is 24.3 Å². The minimum Gasteiger partial charge on any atom is -0.504 e. The number of nitrogens with zero attached hydrogens (tertiary/aromatic N) is 1. The molecular formula is C18H18N2O3. The fourth-order valence-corrected chi connectivity index (χ4v) is 1.90. The number of rotatable bonds is 7. The fraction of sp³-hybridized carbons (Fsp3) is 0.111. The van der Waals surface area contributed by atoms with Gasteiger partial charge in [0.05, 0.1) is 12.6 Å². The van der Waals surface area contributed by atoms with Crippen LogP contribution >= 0.6 is 0 Å². The molecule has 0 spiro atoms. The molecule has 2 aromatic carbocycles. The van der Waals surface area contributed by atoms with E-state index in [1.807, 2.05) is 30.3 Å². The predicted molar refractivity (Wildman–Crippen MR) is 89.7 cm³/mol. The summed E-state index contributed by atoms with van der Waals surface area (Å²) in [6, 6.07) is 14.4. The average molecular weight is 310 g/mol. The van der Waals surface area contributed by atoms with Crippen LogP contribution in [0, 0.1) is 0 Å². The first-order valence-electron chi connectivity index (χ1n) is 7.12. The van der Waals surface area contributed by atoms with Gasteiger partial charge in [-0.15, -0.1) is 0 Å². The molecule has 0 bridgehead atoms. The number of phenols is 1. The van der Waals surface area contributed by atoms with Gasteiger partial charge in [-0.1, -0.05) is 49.1 Å². The summed E-state index contributed by atoms with van der Waals surface area (Å²) < 4.78 is 5.32. The molecule has 0 aliphatic rings. The number of carbonyl (C=O) groups excluding carboxylic acids is 1. The number of phenolic OH excluding ortho intramolecular Hbond substituents is 1. The van der Waals surface area contributed by atoms with Crippen LogP contribution in [0.15, 0.2) is 66.3 Å². The second kappa shape index (κ2) is 8.38. The number of benzene rings is 2. The smallest absolute Gasteiger partial charge is 0.244 e. The lowest BCUT2D eigenvalue weighted by Gasteiger charge is -2.07. The zero-order valence-corrected chi connectivity index (χ0v) is 12.6. The van der Waals surface area contributed by atoms with E-state index in [0.717, 1.165) is 5.56 Å². The summed E-state index contributed by atoms with van der Waals surface area (Å²) in [6.45, 7) is 3.84. The number of amides is 1. The quantitative estimate of drug-likeness (QED) is 0.469. The Morgan fingerprint density at radius 3 is 2.74 bits per heavy atom. The molecule has 0 aliphatic heterocycles. The van der Waals surface area contributed by atoms with Gasteiger partial charge in [0.15, 0.2) is 11.5 Å². The highest BCUT2D eigenvalue weighted by Crippen LogP contribution is 2.28. The van der Waals surface area contributed by atoms with Gasteiger partial charge in [-0.2, -0.15) is 5.10 Å². The van der Waals surface area contributed by atoms with Crippen LogP contribution in [-0.2, 0) is 11.2 Å². The van der Waals surface area contributed by atoms with E-state index in [0.29, 0.717) is 17.9 Å². The highest BCUT2D eigenvalue weighted by Gasteiger charge is 2.06. The van der Waals surface area contributed by atoms with Crippen LogP contribution in [-0.4, -0.2) is 23.8 Å². The van der Waals surface area contributed by atoms with E-state index in [-0.39, 0.29) is 18.1 Å². The van der Waals surface area contributed by atoms with Crippen LogP contribution in [0.4, 0.5) is 0 Å². The van der Waals surface area contributed by atoms with Crippen molar-refractivity contribution in [3.8, 4) is 11.5 Å². The zero-order chi connectivity index (χ0) is 16.5. The summed E-state index contributed by atoms with van der Waals surface area (Å²) in [4.78, 5) is 11.8. The van der Waals surface area contributed by atoms with Gasteiger partial charge in [-0.05, 0) is 17.7 Å². The Balaban J connectivity index is 1.95. The molecule has 5 nitrogen and oxygen atoms in total. The van der Waals surface area contributed by atoms with Crippen molar-refractivity contribution in [1.82, 2.24) is 5.43 Å². The fourth-order valence-electron chi connectivity index (χ4n) is 1.90. The Bertz CT molecular complexity index is 697. The number of aromatic hydroxyl groups is 1. The van der Waals surface area contributed by atoms with Gasteiger partial charge in [0, 0.05) is 5.56 Å². The number of hydrazone groups is 1. The molecule has 0 saturated heterocycles. The number of para-hydroxylation sites is 1. The molecule has 0 aliphatic carbocycles. The molecule has 0 fully saturated rings. The summed E-state index contributed by atoms with van der Waals surface area (Å²) in [6.07, 6.45) is 3.20. The number of nitrogens with one attached hydrogen (secondary N) is 1. The van der Waals surface area contributed by atoms with Crippen LogP contribution in [0.25, 0.3) is 0 Å². The Kier molecular flexibility index (Phi) is 5.94.